The lowest BCUT2D eigenvalue weighted by Gasteiger charge is -2.46. The Morgan fingerprint density at radius 2 is 1.93 bits per heavy atom. The predicted octanol–water partition coefficient (Wildman–Crippen LogP) is 3.73. The Labute approximate surface area is 171 Å². The molecule has 1 unspecified atom stereocenters. The molecule has 2 saturated heterocycles. The molecule has 7 nitrogen and oxygen atoms in total. The molecule has 0 radical (unpaired) electrons. The van der Waals surface area contributed by atoms with E-state index in [1.807, 2.05) is 23.1 Å². The molecule has 3 aliphatic rings. The van der Waals surface area contributed by atoms with Gasteiger partial charge in [0, 0.05) is 32.4 Å². The van der Waals surface area contributed by atoms with E-state index in [0.29, 0.717) is 11.7 Å². The van der Waals surface area contributed by atoms with Crippen LogP contribution < -0.4 is 20.0 Å². The highest BCUT2D eigenvalue weighted by molar-refractivity contribution is 6.04. The van der Waals surface area contributed by atoms with Gasteiger partial charge in [-0.1, -0.05) is 13.0 Å². The second-order valence-corrected chi connectivity index (χ2v) is 8.46. The number of nitrogens with zero attached hydrogens (tertiary/aromatic N) is 5. The fraction of sp³-hybridized carbons (Fsp3) is 0.500. The second-order valence-electron chi connectivity index (χ2n) is 8.46. The van der Waals surface area contributed by atoms with E-state index in [4.69, 9.17) is 4.98 Å². The Morgan fingerprint density at radius 3 is 2.76 bits per heavy atom. The van der Waals surface area contributed by atoms with Gasteiger partial charge in [-0.3, -0.25) is 10.2 Å². The van der Waals surface area contributed by atoms with E-state index < -0.39 is 0 Å². The van der Waals surface area contributed by atoms with Crippen LogP contribution in [0.15, 0.2) is 36.5 Å². The fourth-order valence-electron chi connectivity index (χ4n) is 4.85. The summed E-state index contributed by atoms with van der Waals surface area (Å²) in [6, 6.07) is 9.81. The number of hydrogen-bond donors (Lipinski definition) is 1. The molecule has 5 heterocycles. The molecule has 2 amide bonds. The summed E-state index contributed by atoms with van der Waals surface area (Å²) in [6.07, 6.45) is 6.24. The zero-order chi connectivity index (χ0) is 19.8. The predicted molar refractivity (Wildman–Crippen MR) is 116 cm³/mol. The molecule has 7 heteroatoms. The Hall–Kier alpha value is -2.83. The summed E-state index contributed by atoms with van der Waals surface area (Å²) in [4.78, 5) is 29.2. The van der Waals surface area contributed by atoms with Crippen LogP contribution in [0.25, 0.3) is 0 Å². The number of pyridine rings is 2. The van der Waals surface area contributed by atoms with Gasteiger partial charge < -0.3 is 9.80 Å². The van der Waals surface area contributed by atoms with Crippen LogP contribution in [0.2, 0.25) is 0 Å². The van der Waals surface area contributed by atoms with E-state index in [1.54, 1.807) is 6.20 Å². The van der Waals surface area contributed by atoms with E-state index in [-0.39, 0.29) is 12.1 Å². The van der Waals surface area contributed by atoms with Gasteiger partial charge in [-0.2, -0.15) is 0 Å². The van der Waals surface area contributed by atoms with E-state index in [9.17, 15) is 4.79 Å². The number of aromatic nitrogens is 2. The summed E-state index contributed by atoms with van der Waals surface area (Å²) in [5.41, 5.74) is 1.06. The van der Waals surface area contributed by atoms with Crippen molar-refractivity contribution in [2.45, 2.75) is 38.6 Å². The van der Waals surface area contributed by atoms with Crippen molar-refractivity contribution in [1.29, 1.82) is 0 Å². The summed E-state index contributed by atoms with van der Waals surface area (Å²) in [6.45, 7) is 6.25. The van der Waals surface area contributed by atoms with Gasteiger partial charge in [0.1, 0.15) is 11.6 Å². The maximum absolute atomic E-state index is 13.3. The number of nitrogens with one attached hydrogen (secondary N) is 1. The number of urea groups is 1. The zero-order valence-electron chi connectivity index (χ0n) is 16.9. The van der Waals surface area contributed by atoms with Gasteiger partial charge in [-0.05, 0) is 55.9 Å². The number of carbonyl (C=O) groups excluding carboxylic acids is 1. The fourth-order valence-corrected chi connectivity index (χ4v) is 4.85. The third-order valence-electron chi connectivity index (χ3n) is 6.27. The Bertz CT molecular complexity index is 888. The largest absolute Gasteiger partial charge is 0.366 e. The van der Waals surface area contributed by atoms with Gasteiger partial charge in [0.25, 0.3) is 0 Å². The van der Waals surface area contributed by atoms with Crippen LogP contribution >= 0.6 is 0 Å². The van der Waals surface area contributed by atoms with Crippen LogP contribution in [-0.4, -0.2) is 48.2 Å². The summed E-state index contributed by atoms with van der Waals surface area (Å²) in [5, 5.41) is 2.97. The molecule has 29 heavy (non-hydrogen) atoms. The second kappa shape index (κ2) is 7.54. The quantitative estimate of drug-likeness (QED) is 0.844. The van der Waals surface area contributed by atoms with Gasteiger partial charge in [-0.15, -0.1) is 0 Å². The van der Waals surface area contributed by atoms with E-state index in [0.717, 1.165) is 56.3 Å². The molecular weight excluding hydrogens is 364 g/mol. The summed E-state index contributed by atoms with van der Waals surface area (Å²) in [7, 11) is 0. The molecule has 2 aromatic heterocycles. The van der Waals surface area contributed by atoms with Crippen molar-refractivity contribution in [1.82, 2.24) is 9.97 Å². The molecular formula is C22H28N6O. The van der Waals surface area contributed by atoms with Gasteiger partial charge in [0.05, 0.1) is 11.7 Å². The van der Waals surface area contributed by atoms with Crippen LogP contribution in [0.3, 0.4) is 0 Å². The number of rotatable bonds is 2. The molecule has 0 spiro atoms. The molecule has 0 saturated carbocycles. The van der Waals surface area contributed by atoms with Crippen molar-refractivity contribution in [3.05, 3.63) is 36.5 Å². The SMILES string of the molecule is CC1CCCN(c2ccc3c(n2)N(C(=O)Nc2ccccn2)[C@@H]2CCCN3C2)C1. The van der Waals surface area contributed by atoms with Crippen LogP contribution in [0.4, 0.5) is 27.9 Å². The number of hydrogen-bond acceptors (Lipinski definition) is 5. The van der Waals surface area contributed by atoms with Gasteiger partial charge >= 0.3 is 6.03 Å². The monoisotopic (exact) mass is 392 g/mol. The molecule has 3 aliphatic heterocycles. The van der Waals surface area contributed by atoms with Crippen molar-refractivity contribution in [2.75, 3.05) is 46.2 Å². The van der Waals surface area contributed by atoms with Crippen molar-refractivity contribution in [3.8, 4) is 0 Å². The molecule has 2 fully saturated rings. The molecule has 5 rings (SSSR count). The minimum absolute atomic E-state index is 0.142. The van der Waals surface area contributed by atoms with Crippen LogP contribution in [0, 0.1) is 5.92 Å². The smallest absolute Gasteiger partial charge is 0.329 e. The highest BCUT2D eigenvalue weighted by Crippen LogP contribution is 2.39. The highest BCUT2D eigenvalue weighted by atomic mass is 16.2. The Kier molecular flexibility index (Phi) is 4.73. The van der Waals surface area contributed by atoms with Gasteiger partial charge in [0.2, 0.25) is 0 Å². The van der Waals surface area contributed by atoms with Crippen LogP contribution in [0.1, 0.15) is 32.6 Å². The summed E-state index contributed by atoms with van der Waals surface area (Å²) in [5.74, 6) is 3.00. The maximum Gasteiger partial charge on any atom is 0.329 e. The molecule has 152 valence electrons. The van der Waals surface area contributed by atoms with E-state index >= 15 is 0 Å². The lowest BCUT2D eigenvalue weighted by molar-refractivity contribution is 0.252. The Balaban J connectivity index is 1.49. The number of fused-ring (bicyclic) bond motifs is 4. The third-order valence-corrected chi connectivity index (χ3v) is 6.27. The maximum atomic E-state index is 13.3. The van der Waals surface area contributed by atoms with Crippen molar-refractivity contribution < 1.29 is 4.79 Å². The van der Waals surface area contributed by atoms with E-state index in [2.05, 4.69) is 39.2 Å². The minimum atomic E-state index is -0.145. The van der Waals surface area contributed by atoms with E-state index in [1.165, 1.54) is 12.8 Å². The first-order chi connectivity index (χ1) is 14.2. The number of anilines is 4. The number of piperidine rings is 2. The average Bonchev–Trinajstić information content (AvgIpc) is 2.74. The molecule has 0 aromatic carbocycles. The summed E-state index contributed by atoms with van der Waals surface area (Å²) < 4.78 is 0. The normalized spacial score (nSPS) is 23.6. The lowest BCUT2D eigenvalue weighted by atomic mass is 9.99. The number of carbonyl (C=O) groups is 1. The van der Waals surface area contributed by atoms with Crippen LogP contribution in [0.5, 0.6) is 0 Å². The first-order valence-electron chi connectivity index (χ1n) is 10.7. The topological polar surface area (TPSA) is 64.6 Å². The molecule has 2 aromatic rings. The minimum Gasteiger partial charge on any atom is -0.366 e. The molecule has 1 N–H and O–H groups in total. The van der Waals surface area contributed by atoms with Crippen molar-refractivity contribution in [2.24, 2.45) is 5.92 Å². The lowest BCUT2D eigenvalue weighted by Crippen LogP contribution is -2.56. The number of amides is 2. The average molecular weight is 393 g/mol. The van der Waals surface area contributed by atoms with Crippen LogP contribution in [-0.2, 0) is 0 Å². The summed E-state index contributed by atoms with van der Waals surface area (Å²) >= 11 is 0. The first kappa shape index (κ1) is 18.2. The standard InChI is InChI=1S/C22H28N6O/c1-16-6-4-13-27(14-16)20-10-9-18-21(25-20)28(17-7-5-12-26(18)15-17)22(29)24-19-8-2-3-11-23-19/h2-3,8-11,16-17H,4-7,12-15H2,1H3,(H,23,24,29)/t16?,17-/m1/s1. The third kappa shape index (κ3) is 3.50. The van der Waals surface area contributed by atoms with Crippen molar-refractivity contribution in [3.63, 3.8) is 0 Å². The first-order valence-corrected chi connectivity index (χ1v) is 10.7. The zero-order valence-corrected chi connectivity index (χ0v) is 16.9. The van der Waals surface area contributed by atoms with Crippen molar-refractivity contribution >= 4 is 29.2 Å². The van der Waals surface area contributed by atoms with Gasteiger partial charge in [-0.25, -0.2) is 14.8 Å². The molecule has 2 bridgehead atoms. The van der Waals surface area contributed by atoms with Gasteiger partial charge in [0.15, 0.2) is 5.82 Å². The molecule has 0 aliphatic carbocycles. The Morgan fingerprint density at radius 1 is 1.07 bits per heavy atom. The highest BCUT2D eigenvalue weighted by Gasteiger charge is 2.38. The molecule has 2 atom stereocenters.